The van der Waals surface area contributed by atoms with Gasteiger partial charge in [0.25, 0.3) is 5.91 Å². The fourth-order valence-corrected chi connectivity index (χ4v) is 3.26. The van der Waals surface area contributed by atoms with Gasteiger partial charge >= 0.3 is 0 Å². The monoisotopic (exact) mass is 353 g/mol. The number of likely N-dealkylation sites (tertiary alicyclic amines) is 1. The number of likely N-dealkylation sites (N-methyl/N-ethyl adjacent to an activating group) is 1. The average Bonchev–Trinajstić information content (AvgIpc) is 3.28. The van der Waals surface area contributed by atoms with Crippen LogP contribution in [0.3, 0.4) is 0 Å². The Kier molecular flexibility index (Phi) is 4.44. The Morgan fingerprint density at radius 2 is 2.04 bits per heavy atom. The topological polar surface area (TPSA) is 71.3 Å². The molecule has 1 saturated carbocycles. The van der Waals surface area contributed by atoms with Gasteiger partial charge in [0.2, 0.25) is 11.7 Å². The molecule has 2 aromatic rings. The van der Waals surface area contributed by atoms with Crippen LogP contribution in [0.5, 0.6) is 0 Å². The number of para-hydroxylation sites is 1. The van der Waals surface area contributed by atoms with E-state index in [9.17, 15) is 9.59 Å². The van der Waals surface area contributed by atoms with Crippen molar-refractivity contribution >= 4 is 11.8 Å². The van der Waals surface area contributed by atoms with E-state index in [1.807, 2.05) is 35.2 Å². The van der Waals surface area contributed by atoms with Gasteiger partial charge in [0.05, 0.1) is 5.69 Å². The lowest BCUT2D eigenvalue weighted by Crippen LogP contribution is -2.37. The highest BCUT2D eigenvalue weighted by Gasteiger charge is 2.32. The summed E-state index contributed by atoms with van der Waals surface area (Å²) in [4.78, 5) is 32.4. The highest BCUT2D eigenvalue weighted by Crippen LogP contribution is 2.39. The summed E-state index contributed by atoms with van der Waals surface area (Å²) in [5.41, 5.74) is 0.922. The van der Waals surface area contributed by atoms with Crippen molar-refractivity contribution in [1.29, 1.82) is 0 Å². The third kappa shape index (κ3) is 3.34. The molecule has 2 amide bonds. The van der Waals surface area contributed by atoms with E-state index < -0.39 is 0 Å². The van der Waals surface area contributed by atoms with Gasteiger partial charge < -0.3 is 9.80 Å². The quantitative estimate of drug-likeness (QED) is 0.794. The maximum atomic E-state index is 12.8. The predicted octanol–water partition coefficient (Wildman–Crippen LogP) is 1.84. The van der Waals surface area contributed by atoms with Crippen LogP contribution in [0.4, 0.5) is 0 Å². The van der Waals surface area contributed by atoms with E-state index in [1.165, 1.54) is 0 Å². The van der Waals surface area contributed by atoms with Crippen LogP contribution in [0.25, 0.3) is 5.69 Å². The molecule has 4 rings (SSSR count). The van der Waals surface area contributed by atoms with Gasteiger partial charge in [-0.1, -0.05) is 18.2 Å². The molecule has 2 fully saturated rings. The molecule has 1 aliphatic carbocycles. The third-order valence-corrected chi connectivity index (χ3v) is 4.99. The van der Waals surface area contributed by atoms with E-state index in [4.69, 9.17) is 0 Å². The normalized spacial score (nSPS) is 17.0. The van der Waals surface area contributed by atoms with Crippen molar-refractivity contribution in [2.24, 2.45) is 0 Å². The molecule has 1 saturated heterocycles. The lowest BCUT2D eigenvalue weighted by molar-refractivity contribution is -0.127. The summed E-state index contributed by atoms with van der Waals surface area (Å²) >= 11 is 0. The third-order valence-electron chi connectivity index (χ3n) is 4.99. The average molecular weight is 353 g/mol. The molecule has 2 heterocycles. The van der Waals surface area contributed by atoms with E-state index in [0.29, 0.717) is 25.4 Å². The molecule has 26 heavy (non-hydrogen) atoms. The SMILES string of the molecule is CN(CCN1CCCC1=O)C(=O)c1nc(C2CC2)n(-c2ccccc2)n1. The van der Waals surface area contributed by atoms with Gasteiger partial charge in [0.15, 0.2) is 0 Å². The Hall–Kier alpha value is -2.70. The van der Waals surface area contributed by atoms with Crippen LogP contribution in [0.15, 0.2) is 30.3 Å². The summed E-state index contributed by atoms with van der Waals surface area (Å²) in [7, 11) is 1.74. The number of carbonyl (C=O) groups excluding carboxylic acids is 2. The fraction of sp³-hybridized carbons (Fsp3) is 0.474. The number of hydrogen-bond acceptors (Lipinski definition) is 4. The zero-order chi connectivity index (χ0) is 18.1. The largest absolute Gasteiger partial charge is 0.341 e. The second-order valence-corrected chi connectivity index (χ2v) is 7.03. The Labute approximate surface area is 152 Å². The lowest BCUT2D eigenvalue weighted by Gasteiger charge is -2.20. The van der Waals surface area contributed by atoms with Crippen molar-refractivity contribution in [2.75, 3.05) is 26.7 Å². The number of hydrogen-bond donors (Lipinski definition) is 0. The first-order valence-corrected chi connectivity index (χ1v) is 9.19. The molecule has 136 valence electrons. The first-order valence-electron chi connectivity index (χ1n) is 9.19. The number of rotatable bonds is 6. The van der Waals surface area contributed by atoms with Crippen molar-refractivity contribution < 1.29 is 9.59 Å². The van der Waals surface area contributed by atoms with Crippen molar-refractivity contribution in [3.8, 4) is 5.69 Å². The van der Waals surface area contributed by atoms with Crippen molar-refractivity contribution in [1.82, 2.24) is 24.6 Å². The Morgan fingerprint density at radius 1 is 1.27 bits per heavy atom. The van der Waals surface area contributed by atoms with E-state index in [1.54, 1.807) is 16.6 Å². The first-order chi connectivity index (χ1) is 12.6. The molecule has 0 spiro atoms. The van der Waals surface area contributed by atoms with E-state index in [0.717, 1.165) is 37.3 Å². The van der Waals surface area contributed by atoms with Gasteiger partial charge in [-0.2, -0.15) is 0 Å². The van der Waals surface area contributed by atoms with Crippen molar-refractivity contribution in [3.63, 3.8) is 0 Å². The van der Waals surface area contributed by atoms with Gasteiger partial charge in [-0.3, -0.25) is 9.59 Å². The minimum absolute atomic E-state index is 0.174. The van der Waals surface area contributed by atoms with Crippen LogP contribution in [0.2, 0.25) is 0 Å². The highest BCUT2D eigenvalue weighted by molar-refractivity contribution is 5.90. The van der Waals surface area contributed by atoms with Gasteiger partial charge in [-0.05, 0) is 31.4 Å². The second-order valence-electron chi connectivity index (χ2n) is 7.03. The molecule has 2 aliphatic rings. The summed E-state index contributed by atoms with van der Waals surface area (Å²) in [6.07, 6.45) is 3.70. The van der Waals surface area contributed by atoms with Gasteiger partial charge in [0.1, 0.15) is 5.82 Å². The summed E-state index contributed by atoms with van der Waals surface area (Å²) in [6.45, 7) is 1.84. The molecule has 0 unspecified atom stereocenters. The molecular formula is C19H23N5O2. The number of carbonyl (C=O) groups is 2. The van der Waals surface area contributed by atoms with Crippen LogP contribution in [0.1, 0.15) is 48.0 Å². The van der Waals surface area contributed by atoms with E-state index in [-0.39, 0.29) is 17.6 Å². The summed E-state index contributed by atoms with van der Waals surface area (Å²) in [5, 5.41) is 4.49. The first kappa shape index (κ1) is 16.8. The molecule has 7 heteroatoms. The Balaban J connectivity index is 1.50. The van der Waals surface area contributed by atoms with Gasteiger partial charge in [-0.15, -0.1) is 5.10 Å². The second kappa shape index (κ2) is 6.90. The fourth-order valence-electron chi connectivity index (χ4n) is 3.26. The number of amides is 2. The predicted molar refractivity (Wildman–Crippen MR) is 96.1 cm³/mol. The van der Waals surface area contributed by atoms with E-state index in [2.05, 4.69) is 10.1 Å². The molecule has 1 aromatic heterocycles. The van der Waals surface area contributed by atoms with Gasteiger partial charge in [-0.25, -0.2) is 9.67 Å². The highest BCUT2D eigenvalue weighted by atomic mass is 16.2. The number of nitrogens with zero attached hydrogens (tertiary/aromatic N) is 5. The van der Waals surface area contributed by atoms with E-state index >= 15 is 0 Å². The lowest BCUT2D eigenvalue weighted by atomic mass is 10.3. The molecule has 0 atom stereocenters. The zero-order valence-electron chi connectivity index (χ0n) is 15.0. The summed E-state index contributed by atoms with van der Waals surface area (Å²) < 4.78 is 1.79. The number of benzene rings is 1. The molecular weight excluding hydrogens is 330 g/mol. The van der Waals surface area contributed by atoms with Gasteiger partial charge in [0, 0.05) is 39.0 Å². The minimum atomic E-state index is -0.201. The van der Waals surface area contributed by atoms with Crippen LogP contribution in [-0.2, 0) is 4.79 Å². The van der Waals surface area contributed by atoms with Crippen LogP contribution in [0, 0.1) is 0 Å². The molecule has 7 nitrogen and oxygen atoms in total. The van der Waals surface area contributed by atoms with Crippen LogP contribution < -0.4 is 0 Å². The maximum Gasteiger partial charge on any atom is 0.293 e. The Morgan fingerprint density at radius 3 is 2.69 bits per heavy atom. The zero-order valence-corrected chi connectivity index (χ0v) is 15.0. The molecule has 1 aliphatic heterocycles. The standard InChI is InChI=1S/C19H23N5O2/c1-22(12-13-23-11-5-8-16(23)25)19(26)17-20-18(14-9-10-14)24(21-17)15-6-3-2-4-7-15/h2-4,6-7,14H,5,8-13H2,1H3. The maximum absolute atomic E-state index is 12.8. The summed E-state index contributed by atoms with van der Waals surface area (Å²) in [5.74, 6) is 1.45. The number of aromatic nitrogens is 3. The molecule has 1 aromatic carbocycles. The smallest absolute Gasteiger partial charge is 0.293 e. The molecule has 0 bridgehead atoms. The minimum Gasteiger partial charge on any atom is -0.341 e. The summed E-state index contributed by atoms with van der Waals surface area (Å²) in [6, 6.07) is 9.80. The Bertz CT molecular complexity index is 813. The van der Waals surface area contributed by atoms with Crippen LogP contribution >= 0.6 is 0 Å². The van der Waals surface area contributed by atoms with Crippen molar-refractivity contribution in [2.45, 2.75) is 31.6 Å². The molecule has 0 N–H and O–H groups in total. The van der Waals surface area contributed by atoms with Crippen LogP contribution in [-0.4, -0.2) is 63.1 Å². The molecule has 0 radical (unpaired) electrons. The van der Waals surface area contributed by atoms with Crippen molar-refractivity contribution in [3.05, 3.63) is 42.0 Å².